The smallest absolute Gasteiger partial charge is 0.421 e. The van der Waals surface area contributed by atoms with Crippen LogP contribution in [0.25, 0.3) is 0 Å². The zero-order chi connectivity index (χ0) is 25.3. The average Bonchev–Trinajstić information content (AvgIpc) is 2.80. The highest BCUT2D eigenvalue weighted by Gasteiger charge is 2.35. The van der Waals surface area contributed by atoms with E-state index in [9.17, 15) is 13.2 Å². The van der Waals surface area contributed by atoms with Crippen LogP contribution in [0.2, 0.25) is 0 Å². The fourth-order valence-corrected chi connectivity index (χ4v) is 3.25. The zero-order valence-corrected chi connectivity index (χ0v) is 20.2. The second-order valence-electron chi connectivity index (χ2n) is 8.33. The molecule has 0 unspecified atom stereocenters. The van der Waals surface area contributed by atoms with Gasteiger partial charge < -0.3 is 20.1 Å². The lowest BCUT2D eigenvalue weighted by Crippen LogP contribution is -2.12. The van der Waals surface area contributed by atoms with Gasteiger partial charge in [0.1, 0.15) is 22.9 Å². The molecule has 1 aromatic heterocycles. The Balaban J connectivity index is 1.71. The summed E-state index contributed by atoms with van der Waals surface area (Å²) in [5, 5.41) is 5.69. The summed E-state index contributed by atoms with van der Waals surface area (Å²) in [6, 6.07) is 13.8. The van der Waals surface area contributed by atoms with Crippen LogP contribution in [0.1, 0.15) is 52.0 Å². The number of alkyl halides is 3. The van der Waals surface area contributed by atoms with Crippen molar-refractivity contribution in [2.75, 3.05) is 17.2 Å². The summed E-state index contributed by atoms with van der Waals surface area (Å²) >= 11 is 0. The number of aromatic nitrogens is 2. The van der Waals surface area contributed by atoms with Crippen LogP contribution in [0.5, 0.6) is 11.5 Å². The van der Waals surface area contributed by atoms with E-state index in [0.717, 1.165) is 25.5 Å². The molecule has 0 saturated heterocycles. The van der Waals surface area contributed by atoms with Crippen LogP contribution in [-0.4, -0.2) is 22.7 Å². The van der Waals surface area contributed by atoms with Crippen molar-refractivity contribution < 1.29 is 22.6 Å². The molecule has 0 saturated carbocycles. The van der Waals surface area contributed by atoms with Gasteiger partial charge in [0, 0.05) is 17.6 Å². The molecule has 0 spiro atoms. The van der Waals surface area contributed by atoms with Crippen LogP contribution >= 0.6 is 0 Å². The number of nitrogens with one attached hydrogen (secondary N) is 2. The van der Waals surface area contributed by atoms with Crippen molar-refractivity contribution in [1.29, 1.82) is 0 Å². The summed E-state index contributed by atoms with van der Waals surface area (Å²) < 4.78 is 52.0. The number of hydrogen-bond donors (Lipinski definition) is 2. The molecule has 0 fully saturated rings. The molecule has 3 rings (SSSR count). The van der Waals surface area contributed by atoms with E-state index in [4.69, 9.17) is 9.47 Å². The van der Waals surface area contributed by atoms with E-state index in [0.29, 0.717) is 29.5 Å². The van der Waals surface area contributed by atoms with Gasteiger partial charge in [-0.1, -0.05) is 26.2 Å². The minimum Gasteiger partial charge on any atom is -0.494 e. The summed E-state index contributed by atoms with van der Waals surface area (Å²) in [6.07, 6.45) is 0.581. The number of hydrogen-bond acceptors (Lipinski definition) is 6. The molecular formula is C26H31F3N4O2. The van der Waals surface area contributed by atoms with E-state index in [1.165, 1.54) is 6.42 Å². The highest BCUT2D eigenvalue weighted by atomic mass is 19.4. The first-order chi connectivity index (χ1) is 16.7. The maximum Gasteiger partial charge on any atom is 0.421 e. The third-order valence-corrected chi connectivity index (χ3v) is 4.96. The number of benzene rings is 2. The summed E-state index contributed by atoms with van der Waals surface area (Å²) in [5.74, 6) is 1.04. The maximum atomic E-state index is 13.6. The van der Waals surface area contributed by atoms with Gasteiger partial charge in [0.05, 0.1) is 12.7 Å². The molecule has 2 N–H and O–H groups in total. The Bertz CT molecular complexity index is 1060. The van der Waals surface area contributed by atoms with Crippen LogP contribution in [0.3, 0.4) is 0 Å². The molecule has 0 bridgehead atoms. The Labute approximate surface area is 203 Å². The number of halogens is 3. The largest absolute Gasteiger partial charge is 0.494 e. The van der Waals surface area contributed by atoms with Crippen LogP contribution in [0.15, 0.2) is 54.7 Å². The predicted octanol–water partition coefficient (Wildman–Crippen LogP) is 7.73. The van der Waals surface area contributed by atoms with Crippen LogP contribution < -0.4 is 20.1 Å². The van der Waals surface area contributed by atoms with E-state index < -0.39 is 11.7 Å². The third-order valence-electron chi connectivity index (χ3n) is 4.96. The lowest BCUT2D eigenvalue weighted by atomic mass is 10.2. The Morgan fingerprint density at radius 1 is 0.857 bits per heavy atom. The van der Waals surface area contributed by atoms with E-state index >= 15 is 0 Å². The first kappa shape index (κ1) is 26.1. The highest BCUT2D eigenvalue weighted by molar-refractivity contribution is 5.63. The molecule has 0 aliphatic rings. The van der Waals surface area contributed by atoms with Crippen molar-refractivity contribution in [1.82, 2.24) is 9.97 Å². The highest BCUT2D eigenvalue weighted by Crippen LogP contribution is 2.35. The molecule has 0 aliphatic heterocycles. The Morgan fingerprint density at radius 3 is 2.09 bits per heavy atom. The van der Waals surface area contributed by atoms with Crippen molar-refractivity contribution in [2.45, 2.75) is 58.7 Å². The molecule has 3 aromatic rings. The van der Waals surface area contributed by atoms with Gasteiger partial charge in [0.15, 0.2) is 0 Å². The lowest BCUT2D eigenvalue weighted by Gasteiger charge is -2.15. The average molecular weight is 489 g/mol. The second-order valence-corrected chi connectivity index (χ2v) is 8.33. The first-order valence-electron chi connectivity index (χ1n) is 11.7. The molecular weight excluding hydrogens is 457 g/mol. The second kappa shape index (κ2) is 12.3. The van der Waals surface area contributed by atoms with E-state index in [1.807, 2.05) is 13.8 Å². The third kappa shape index (κ3) is 8.35. The van der Waals surface area contributed by atoms with Crippen molar-refractivity contribution in [2.24, 2.45) is 0 Å². The number of unbranched alkanes of at least 4 members (excludes halogenated alkanes) is 3. The van der Waals surface area contributed by atoms with Crippen molar-refractivity contribution in [3.8, 4) is 11.5 Å². The summed E-state index contributed by atoms with van der Waals surface area (Å²) in [7, 11) is 0. The normalized spacial score (nSPS) is 11.4. The quantitative estimate of drug-likeness (QED) is 0.254. The lowest BCUT2D eigenvalue weighted by molar-refractivity contribution is -0.137. The fraction of sp³-hybridized carbons (Fsp3) is 0.385. The zero-order valence-electron chi connectivity index (χ0n) is 20.2. The Kier molecular flexibility index (Phi) is 9.17. The minimum atomic E-state index is -4.61. The van der Waals surface area contributed by atoms with Gasteiger partial charge in [0.2, 0.25) is 5.95 Å². The number of nitrogens with zero attached hydrogens (tertiary/aromatic N) is 2. The number of rotatable bonds is 12. The molecule has 2 aromatic carbocycles. The van der Waals surface area contributed by atoms with Crippen molar-refractivity contribution in [3.63, 3.8) is 0 Å². The van der Waals surface area contributed by atoms with Gasteiger partial charge in [-0.2, -0.15) is 18.2 Å². The van der Waals surface area contributed by atoms with Crippen LogP contribution in [0, 0.1) is 0 Å². The minimum absolute atomic E-state index is 0.0325. The van der Waals surface area contributed by atoms with Gasteiger partial charge in [-0.05, 0) is 68.8 Å². The monoisotopic (exact) mass is 488 g/mol. The molecule has 0 atom stereocenters. The Hall–Kier alpha value is -3.49. The van der Waals surface area contributed by atoms with Crippen LogP contribution in [0.4, 0.5) is 36.3 Å². The standard InChI is InChI=1S/C26H31F3N4O2/c1-4-5-6-7-16-34-21-12-8-19(9-13-21)31-24-23(26(27,28)29)17-30-25(33-24)32-20-10-14-22(15-11-20)35-18(2)3/h8-15,17-18H,4-7,16H2,1-3H3,(H2,30,31,32,33). The molecule has 0 aliphatic carbocycles. The summed E-state index contributed by atoms with van der Waals surface area (Å²) in [5.41, 5.74) is 0.112. The van der Waals surface area contributed by atoms with Gasteiger partial charge in [-0.25, -0.2) is 4.98 Å². The van der Waals surface area contributed by atoms with Crippen LogP contribution in [-0.2, 0) is 6.18 Å². The molecule has 0 amide bonds. The Morgan fingerprint density at radius 2 is 1.49 bits per heavy atom. The topological polar surface area (TPSA) is 68.3 Å². The van der Waals surface area contributed by atoms with E-state index in [2.05, 4.69) is 27.5 Å². The molecule has 6 nitrogen and oxygen atoms in total. The molecule has 9 heteroatoms. The number of anilines is 4. The van der Waals surface area contributed by atoms with E-state index in [-0.39, 0.29) is 17.9 Å². The molecule has 35 heavy (non-hydrogen) atoms. The van der Waals surface area contributed by atoms with Gasteiger partial charge in [-0.15, -0.1) is 0 Å². The first-order valence-corrected chi connectivity index (χ1v) is 11.7. The fourth-order valence-electron chi connectivity index (χ4n) is 3.25. The maximum absolute atomic E-state index is 13.6. The van der Waals surface area contributed by atoms with Crippen molar-refractivity contribution >= 4 is 23.1 Å². The number of ether oxygens (including phenoxy) is 2. The van der Waals surface area contributed by atoms with Crippen molar-refractivity contribution in [3.05, 3.63) is 60.3 Å². The van der Waals surface area contributed by atoms with Gasteiger partial charge in [0.25, 0.3) is 0 Å². The van der Waals surface area contributed by atoms with E-state index in [1.54, 1.807) is 48.5 Å². The van der Waals surface area contributed by atoms with Gasteiger partial charge in [-0.3, -0.25) is 0 Å². The predicted molar refractivity (Wildman–Crippen MR) is 132 cm³/mol. The SMILES string of the molecule is CCCCCCOc1ccc(Nc2nc(Nc3ccc(OC(C)C)cc3)ncc2C(F)(F)F)cc1. The summed E-state index contributed by atoms with van der Waals surface area (Å²) in [4.78, 5) is 7.93. The van der Waals surface area contributed by atoms with Gasteiger partial charge >= 0.3 is 6.18 Å². The molecule has 0 radical (unpaired) electrons. The summed E-state index contributed by atoms with van der Waals surface area (Å²) in [6.45, 7) is 6.60. The molecule has 188 valence electrons. The molecule has 1 heterocycles.